The highest BCUT2D eigenvalue weighted by molar-refractivity contribution is 5.60. The Bertz CT molecular complexity index is 503. The average molecular weight is 201 g/mol. The van der Waals surface area contributed by atoms with Gasteiger partial charge >= 0.3 is 5.69 Å². The molecular weight excluding hydrogens is 188 g/mol. The van der Waals surface area contributed by atoms with Crippen molar-refractivity contribution in [2.45, 2.75) is 0 Å². The number of hydrogen-bond acceptors (Lipinski definition) is 1. The van der Waals surface area contributed by atoms with Gasteiger partial charge in [0.1, 0.15) is 12.4 Å². The molecule has 0 saturated carbocycles. The van der Waals surface area contributed by atoms with E-state index >= 15 is 0 Å². The summed E-state index contributed by atoms with van der Waals surface area (Å²) in [4.78, 5) is 11.5. The monoisotopic (exact) mass is 201 g/mol. The smallest absolute Gasteiger partial charge is 0.200 e. The van der Waals surface area contributed by atoms with Crippen LogP contribution < -0.4 is 10.3 Å². The minimum Gasteiger partial charge on any atom is -0.200 e. The van der Waals surface area contributed by atoms with Crippen molar-refractivity contribution in [1.82, 2.24) is 4.57 Å². The van der Waals surface area contributed by atoms with Gasteiger partial charge in [0.15, 0.2) is 0 Å². The van der Waals surface area contributed by atoms with E-state index in [2.05, 4.69) is 0 Å². The molecule has 2 rings (SSSR count). The lowest BCUT2D eigenvalue weighted by molar-refractivity contribution is -0.690. The largest absolute Gasteiger partial charge is 0.497 e. The predicted octanol–water partition coefficient (Wildman–Crippen LogP) is 0.877. The number of hydrogen-bond donors (Lipinski definition) is 0. The van der Waals surface area contributed by atoms with Crippen LogP contribution in [0.3, 0.4) is 0 Å². The van der Waals surface area contributed by atoms with E-state index in [1.54, 1.807) is 23.2 Å². The van der Waals surface area contributed by atoms with E-state index in [4.69, 9.17) is 0 Å². The van der Waals surface area contributed by atoms with Gasteiger partial charge in [0, 0.05) is 0 Å². The van der Waals surface area contributed by atoms with Crippen molar-refractivity contribution in [1.29, 1.82) is 0 Å². The van der Waals surface area contributed by atoms with Gasteiger partial charge in [0.05, 0.1) is 19.7 Å². The van der Waals surface area contributed by atoms with Crippen LogP contribution in [0.2, 0.25) is 0 Å². The summed E-state index contributed by atoms with van der Waals surface area (Å²) in [5, 5.41) is 0. The fourth-order valence-electron chi connectivity index (χ4n) is 1.59. The summed E-state index contributed by atoms with van der Waals surface area (Å²) < 4.78 is 3.17. The number of rotatable bonds is 1. The third-order valence-electron chi connectivity index (χ3n) is 2.38. The third kappa shape index (κ3) is 1.81. The van der Waals surface area contributed by atoms with Crippen LogP contribution in [0.15, 0.2) is 47.5 Å². The van der Waals surface area contributed by atoms with Gasteiger partial charge < -0.3 is 0 Å². The Kier molecular flexibility index (Phi) is 2.37. The Morgan fingerprint density at radius 1 is 1.13 bits per heavy atom. The van der Waals surface area contributed by atoms with Crippen molar-refractivity contribution in [2.24, 2.45) is 14.1 Å². The maximum Gasteiger partial charge on any atom is 0.497 e. The second kappa shape index (κ2) is 3.69. The van der Waals surface area contributed by atoms with Gasteiger partial charge in [-0.05, 0) is 5.56 Å². The lowest BCUT2D eigenvalue weighted by atomic mass is 10.1. The molecule has 1 heterocycles. The summed E-state index contributed by atoms with van der Waals surface area (Å²) in [6, 6.07) is 10.0. The van der Waals surface area contributed by atoms with Gasteiger partial charge in [0.25, 0.3) is 0 Å². The van der Waals surface area contributed by atoms with Crippen LogP contribution >= 0.6 is 0 Å². The lowest BCUT2D eigenvalue weighted by Gasteiger charge is -2.00. The van der Waals surface area contributed by atoms with Gasteiger partial charge in [-0.3, -0.25) is 0 Å². The Morgan fingerprint density at radius 2 is 1.80 bits per heavy atom. The van der Waals surface area contributed by atoms with Crippen molar-refractivity contribution in [3.8, 4) is 11.1 Å². The third-order valence-corrected chi connectivity index (χ3v) is 2.38. The first-order chi connectivity index (χ1) is 7.18. The van der Waals surface area contributed by atoms with Crippen LogP contribution in [0.5, 0.6) is 0 Å². The zero-order chi connectivity index (χ0) is 10.8. The molecule has 0 bridgehead atoms. The molecule has 15 heavy (non-hydrogen) atoms. The van der Waals surface area contributed by atoms with Crippen LogP contribution in [0.25, 0.3) is 11.1 Å². The van der Waals surface area contributed by atoms with E-state index in [1.807, 2.05) is 42.7 Å². The Morgan fingerprint density at radius 3 is 2.40 bits per heavy atom. The van der Waals surface area contributed by atoms with Crippen LogP contribution in [-0.2, 0) is 14.1 Å². The molecule has 0 atom stereocenters. The summed E-state index contributed by atoms with van der Waals surface area (Å²) >= 11 is 0. The van der Waals surface area contributed by atoms with Crippen molar-refractivity contribution in [3.63, 3.8) is 0 Å². The zero-order valence-corrected chi connectivity index (χ0v) is 8.84. The number of nitrogens with zero attached hydrogens (tertiary/aromatic N) is 2. The second-order valence-corrected chi connectivity index (χ2v) is 3.58. The molecule has 0 aliphatic rings. The van der Waals surface area contributed by atoms with Gasteiger partial charge in [-0.15, -0.1) is 0 Å². The topological polar surface area (TPSA) is 25.9 Å². The highest BCUT2D eigenvalue weighted by Gasteiger charge is 2.07. The summed E-state index contributed by atoms with van der Waals surface area (Å²) in [6.45, 7) is 0. The van der Waals surface area contributed by atoms with Gasteiger partial charge in [-0.25, -0.2) is 0 Å². The van der Waals surface area contributed by atoms with E-state index in [1.165, 1.54) is 0 Å². The molecule has 0 spiro atoms. The van der Waals surface area contributed by atoms with Crippen molar-refractivity contribution >= 4 is 0 Å². The molecular formula is C12H13N2O+. The SMILES string of the molecule is Cn1cc(-c2ccccc2)c[n+](C)c1=O. The average Bonchev–Trinajstić information content (AvgIpc) is 2.26. The molecule has 0 fully saturated rings. The standard InChI is InChI=1S/C12H13N2O/c1-13-8-11(9-14(2)12(13)15)10-6-4-3-5-7-10/h3-9H,1-2H3/q+1. The van der Waals surface area contributed by atoms with Crippen molar-refractivity contribution in [3.05, 3.63) is 53.2 Å². The van der Waals surface area contributed by atoms with Gasteiger partial charge in [0.2, 0.25) is 0 Å². The molecule has 1 aromatic heterocycles. The number of aryl methyl sites for hydroxylation is 2. The molecule has 3 nitrogen and oxygen atoms in total. The first-order valence-electron chi connectivity index (χ1n) is 4.80. The van der Waals surface area contributed by atoms with Gasteiger partial charge in [-0.1, -0.05) is 30.3 Å². The minimum atomic E-state index is -0.0188. The van der Waals surface area contributed by atoms with E-state index in [-0.39, 0.29) is 5.69 Å². The number of benzene rings is 1. The molecule has 0 aliphatic heterocycles. The summed E-state index contributed by atoms with van der Waals surface area (Å²) in [5.74, 6) is 0. The van der Waals surface area contributed by atoms with E-state index in [0.29, 0.717) is 0 Å². The molecule has 0 unspecified atom stereocenters. The van der Waals surface area contributed by atoms with E-state index in [9.17, 15) is 4.79 Å². The van der Waals surface area contributed by atoms with E-state index < -0.39 is 0 Å². The number of aromatic nitrogens is 2. The Hall–Kier alpha value is -1.90. The van der Waals surface area contributed by atoms with Crippen LogP contribution in [0.4, 0.5) is 0 Å². The second-order valence-electron chi connectivity index (χ2n) is 3.58. The van der Waals surface area contributed by atoms with Crippen LogP contribution in [0, 0.1) is 0 Å². The zero-order valence-electron chi connectivity index (χ0n) is 8.84. The van der Waals surface area contributed by atoms with Gasteiger partial charge in [-0.2, -0.15) is 13.9 Å². The molecule has 0 N–H and O–H groups in total. The predicted molar refractivity (Wildman–Crippen MR) is 58.3 cm³/mol. The first-order valence-corrected chi connectivity index (χ1v) is 4.80. The molecule has 2 aromatic rings. The van der Waals surface area contributed by atoms with Crippen LogP contribution in [-0.4, -0.2) is 4.57 Å². The normalized spacial score (nSPS) is 10.3. The van der Waals surface area contributed by atoms with Crippen LogP contribution in [0.1, 0.15) is 0 Å². The summed E-state index contributed by atoms with van der Waals surface area (Å²) in [7, 11) is 3.52. The minimum absolute atomic E-state index is 0.0188. The van der Waals surface area contributed by atoms with E-state index in [0.717, 1.165) is 11.1 Å². The fourth-order valence-corrected chi connectivity index (χ4v) is 1.59. The quantitative estimate of drug-likeness (QED) is 0.629. The fraction of sp³-hybridized carbons (Fsp3) is 0.167. The highest BCUT2D eigenvalue weighted by Crippen LogP contribution is 2.14. The molecule has 0 amide bonds. The molecule has 0 aliphatic carbocycles. The summed E-state index contributed by atoms with van der Waals surface area (Å²) in [6.07, 6.45) is 3.69. The molecule has 0 radical (unpaired) electrons. The van der Waals surface area contributed by atoms with Crippen molar-refractivity contribution < 1.29 is 4.57 Å². The maximum absolute atomic E-state index is 11.5. The Labute approximate surface area is 88.2 Å². The summed E-state index contributed by atoms with van der Waals surface area (Å²) in [5.41, 5.74) is 2.14. The highest BCUT2D eigenvalue weighted by atomic mass is 16.1. The molecule has 3 heteroatoms. The lowest BCUT2D eigenvalue weighted by Crippen LogP contribution is -2.50. The van der Waals surface area contributed by atoms with Crippen molar-refractivity contribution in [2.75, 3.05) is 0 Å². The Balaban J connectivity index is 2.61. The molecule has 0 saturated heterocycles. The maximum atomic E-state index is 11.5. The molecule has 1 aromatic carbocycles. The first kappa shape index (κ1) is 9.65. The molecule has 76 valence electrons.